The predicted octanol–water partition coefficient (Wildman–Crippen LogP) is 7.39. The Morgan fingerprint density at radius 1 is 1.24 bits per heavy atom. The van der Waals surface area contributed by atoms with E-state index in [4.69, 9.17) is 9.72 Å². The van der Waals surface area contributed by atoms with Crippen LogP contribution in [0.1, 0.15) is 63.6 Å². The molecule has 1 fully saturated rings. The average Bonchev–Trinajstić information content (AvgIpc) is 3.12. The van der Waals surface area contributed by atoms with Gasteiger partial charge >= 0.3 is 11.8 Å². The number of anilines is 2. The molecule has 0 radical (unpaired) electrons. The van der Waals surface area contributed by atoms with Gasteiger partial charge in [-0.05, 0) is 101 Å². The van der Waals surface area contributed by atoms with E-state index in [2.05, 4.69) is 54.4 Å². The lowest BCUT2D eigenvalue weighted by molar-refractivity contribution is -0.140. The van der Waals surface area contributed by atoms with Crippen LogP contribution in [0, 0.1) is 18.3 Å². The number of aryl methyl sites for hydroxylation is 2. The molecule has 1 aromatic heterocycles. The molecule has 1 heterocycles. The fraction of sp³-hybridized carbons (Fsp3) is 0.500. The number of nitrogens with one attached hydrogen (secondary N) is 1. The van der Waals surface area contributed by atoms with Crippen LogP contribution in [0.5, 0.6) is 5.75 Å². The molecule has 1 unspecified atom stereocenters. The first-order valence-electron chi connectivity index (χ1n) is 12.6. The van der Waals surface area contributed by atoms with Gasteiger partial charge in [0, 0.05) is 18.2 Å². The molecule has 3 aromatic rings. The van der Waals surface area contributed by atoms with Crippen LogP contribution in [0.4, 0.5) is 20.4 Å². The van der Waals surface area contributed by atoms with Crippen LogP contribution in [0.3, 0.4) is 0 Å². The zero-order valence-electron chi connectivity index (χ0n) is 22.1. The van der Waals surface area contributed by atoms with Gasteiger partial charge in [0.1, 0.15) is 5.75 Å². The molecule has 1 saturated carbocycles. The van der Waals surface area contributed by atoms with Gasteiger partial charge in [0.2, 0.25) is 5.95 Å². The van der Waals surface area contributed by atoms with Gasteiger partial charge in [0.05, 0.1) is 18.1 Å². The van der Waals surface area contributed by atoms with Crippen LogP contribution in [0.25, 0.3) is 11.0 Å². The van der Waals surface area contributed by atoms with Crippen molar-refractivity contribution < 1.29 is 23.0 Å². The summed E-state index contributed by atoms with van der Waals surface area (Å²) >= 11 is 0. The Hall–Kier alpha value is -2.73. The van der Waals surface area contributed by atoms with Crippen molar-refractivity contribution >= 4 is 37.9 Å². The van der Waals surface area contributed by atoms with Gasteiger partial charge in [-0.1, -0.05) is 20.8 Å². The molecule has 0 amide bonds. The number of fused-ring (bicyclic) bond motifs is 1. The Balaban J connectivity index is 1.73. The number of benzene rings is 2. The maximum Gasteiger partial charge on any atom is 0.408 e. The van der Waals surface area contributed by atoms with Crippen molar-refractivity contribution in [2.75, 3.05) is 12.4 Å². The van der Waals surface area contributed by atoms with Crippen molar-refractivity contribution in [2.45, 2.75) is 71.7 Å². The molecule has 2 aromatic carbocycles. The summed E-state index contributed by atoms with van der Waals surface area (Å²) in [7, 11) is 2.78. The van der Waals surface area contributed by atoms with Gasteiger partial charge in [-0.2, -0.15) is 8.78 Å². The molecule has 1 aliphatic carbocycles. The largest absolute Gasteiger partial charge is 0.469 e. The maximum atomic E-state index is 13.2. The zero-order chi connectivity index (χ0) is 27.0. The lowest BCUT2D eigenvalue weighted by Gasteiger charge is -2.40. The smallest absolute Gasteiger partial charge is 0.408 e. The van der Waals surface area contributed by atoms with Gasteiger partial charge in [0.25, 0.3) is 0 Å². The summed E-state index contributed by atoms with van der Waals surface area (Å²) in [4.78, 5) is 16.7. The van der Waals surface area contributed by atoms with Crippen LogP contribution in [0.2, 0.25) is 0 Å². The van der Waals surface area contributed by atoms with E-state index in [1.807, 2.05) is 0 Å². The van der Waals surface area contributed by atoms with Gasteiger partial charge in [0.15, 0.2) is 0 Å². The Morgan fingerprint density at radius 2 is 1.95 bits per heavy atom. The number of nitrogens with zero attached hydrogens (tertiary/aromatic N) is 2. The van der Waals surface area contributed by atoms with Crippen LogP contribution in [-0.4, -0.2) is 28.5 Å². The summed E-state index contributed by atoms with van der Waals surface area (Å²) in [6.45, 7) is 9.00. The van der Waals surface area contributed by atoms with E-state index in [1.165, 1.54) is 34.9 Å². The highest BCUT2D eigenvalue weighted by Gasteiger charge is 2.35. The van der Waals surface area contributed by atoms with E-state index in [-0.39, 0.29) is 23.2 Å². The van der Waals surface area contributed by atoms with Crippen molar-refractivity contribution in [1.29, 1.82) is 0 Å². The second kappa shape index (κ2) is 10.6. The number of ether oxygens (including phenoxy) is 2. The summed E-state index contributed by atoms with van der Waals surface area (Å²) in [6.07, 6.45) is 4.14. The van der Waals surface area contributed by atoms with Gasteiger partial charge < -0.3 is 19.4 Å². The van der Waals surface area contributed by atoms with E-state index in [9.17, 15) is 13.6 Å². The van der Waals surface area contributed by atoms with E-state index < -0.39 is 5.85 Å². The van der Waals surface area contributed by atoms with Crippen molar-refractivity contribution in [2.24, 2.45) is 11.3 Å². The summed E-state index contributed by atoms with van der Waals surface area (Å²) < 4.78 is 38.1. The van der Waals surface area contributed by atoms with Gasteiger partial charge in [-0.25, -0.2) is 4.98 Å². The number of imidazole rings is 1. The first-order chi connectivity index (χ1) is 17.3. The minimum absolute atomic E-state index is 0.0766. The summed E-state index contributed by atoms with van der Waals surface area (Å²) in [5, 5.41) is 3.42. The molecule has 0 aliphatic heterocycles. The molecule has 0 spiro atoms. The van der Waals surface area contributed by atoms with Crippen molar-refractivity contribution in [1.82, 2.24) is 9.55 Å². The van der Waals surface area contributed by atoms with E-state index >= 15 is 0 Å². The summed E-state index contributed by atoms with van der Waals surface area (Å²) in [5.41, 5.74) is 4.99. The average molecular weight is 532 g/mol. The number of hydrogen-bond acceptors (Lipinski definition) is 5. The highest BCUT2D eigenvalue weighted by Crippen LogP contribution is 2.46. The van der Waals surface area contributed by atoms with E-state index in [0.717, 1.165) is 40.7 Å². The lowest BCUT2D eigenvalue weighted by Crippen LogP contribution is -2.29. The molecule has 9 heteroatoms. The number of alkyl halides is 2. The molecule has 4 rings (SSSR count). The van der Waals surface area contributed by atoms with Crippen LogP contribution in [-0.2, 0) is 16.0 Å². The molecular formula is C28H36F2N3O3P. The first-order valence-corrected chi connectivity index (χ1v) is 13.2. The number of rotatable bonds is 8. The highest BCUT2D eigenvalue weighted by molar-refractivity contribution is 7.17. The Kier molecular flexibility index (Phi) is 7.80. The number of carbonyl (C=O) groups excluding carboxylic acids is 1. The summed E-state index contributed by atoms with van der Waals surface area (Å²) in [5.74, 6) is -2.20. The molecule has 37 heavy (non-hydrogen) atoms. The third-order valence-electron chi connectivity index (χ3n) is 7.07. The first kappa shape index (κ1) is 27.3. The number of aromatic nitrogens is 2. The standard InChI is InChI=1S/C28H36F2N3O3P/c1-17-12-21(16-27(3,4)15-17)33-24-13-18(2)19(6-11-25(34)35-5)14-23(24)32-26(33)31-20-7-9-22(10-8-20)36-28(29,30)37/h7-10,13-14,17,21H,6,11-12,15-16,37H2,1-5H3,(H,31,32)/t17-,21+/m1/s1. The van der Waals surface area contributed by atoms with E-state index in [0.29, 0.717) is 24.7 Å². The lowest BCUT2D eigenvalue weighted by atomic mass is 9.70. The van der Waals surface area contributed by atoms with Gasteiger partial charge in [-0.15, -0.1) is 0 Å². The second-order valence-electron chi connectivity index (χ2n) is 11.0. The molecule has 200 valence electrons. The Morgan fingerprint density at radius 3 is 2.57 bits per heavy atom. The van der Waals surface area contributed by atoms with Crippen LogP contribution < -0.4 is 10.1 Å². The highest BCUT2D eigenvalue weighted by atomic mass is 31.0. The Bertz CT molecular complexity index is 1270. The van der Waals surface area contributed by atoms with Crippen LogP contribution >= 0.6 is 9.24 Å². The molecular weight excluding hydrogens is 495 g/mol. The number of hydrogen-bond donors (Lipinski definition) is 1. The zero-order valence-corrected chi connectivity index (χ0v) is 23.3. The molecule has 1 N–H and O–H groups in total. The molecule has 0 saturated heterocycles. The third-order valence-corrected chi connectivity index (χ3v) is 7.18. The molecule has 3 atom stereocenters. The SMILES string of the molecule is COC(=O)CCc1cc2nc(Nc3ccc(OC(F)(F)P)cc3)n([C@H]3C[C@@H](C)CC(C)(C)C3)c2cc1C. The third kappa shape index (κ3) is 6.78. The molecule has 0 bridgehead atoms. The topological polar surface area (TPSA) is 65.4 Å². The minimum atomic E-state index is -3.32. The van der Waals surface area contributed by atoms with Crippen molar-refractivity contribution in [3.63, 3.8) is 0 Å². The summed E-state index contributed by atoms with van der Waals surface area (Å²) in [6, 6.07) is 10.9. The van der Waals surface area contributed by atoms with Crippen LogP contribution in [0.15, 0.2) is 36.4 Å². The quantitative estimate of drug-likeness (QED) is 0.243. The van der Waals surface area contributed by atoms with Crippen molar-refractivity contribution in [3.8, 4) is 5.75 Å². The maximum absolute atomic E-state index is 13.2. The Labute approximate surface area is 219 Å². The fourth-order valence-electron chi connectivity index (χ4n) is 5.74. The number of esters is 1. The number of halogens is 2. The van der Waals surface area contributed by atoms with E-state index in [1.54, 1.807) is 12.1 Å². The minimum Gasteiger partial charge on any atom is -0.469 e. The molecule has 1 aliphatic rings. The number of methoxy groups -OCH3 is 1. The second-order valence-corrected chi connectivity index (χ2v) is 11.7. The number of carbonyl (C=O) groups is 1. The molecule has 6 nitrogen and oxygen atoms in total. The van der Waals surface area contributed by atoms with Gasteiger partial charge in [-0.3, -0.25) is 4.79 Å². The fourth-order valence-corrected chi connectivity index (χ4v) is 5.88. The normalized spacial score (nSPS) is 19.6. The predicted molar refractivity (Wildman–Crippen MR) is 146 cm³/mol. The monoisotopic (exact) mass is 531 g/mol. The van der Waals surface area contributed by atoms with Crippen molar-refractivity contribution in [3.05, 3.63) is 47.5 Å².